The third-order valence-electron chi connectivity index (χ3n) is 2.29. The van der Waals surface area contributed by atoms with E-state index in [0.717, 1.165) is 4.90 Å². The number of thiophene rings is 1. The topological polar surface area (TPSA) is 17.1 Å². The van der Waals surface area contributed by atoms with E-state index in [2.05, 4.69) is 0 Å². The number of Topliss-reactive ketones (excluding diaryl/α,β-unsaturated/α-hetero) is 1. The fraction of sp³-hybridized carbons (Fsp3) is 0.154. The van der Waals surface area contributed by atoms with Crippen LogP contribution in [0.3, 0.4) is 0 Å². The Morgan fingerprint density at radius 1 is 1.28 bits per heavy atom. The minimum atomic E-state index is -0.154. The first kappa shape index (κ1) is 13.9. The van der Waals surface area contributed by atoms with Gasteiger partial charge >= 0.3 is 0 Å². The Labute approximate surface area is 124 Å². The number of halogens is 2. The van der Waals surface area contributed by atoms with Gasteiger partial charge in [-0.2, -0.15) is 0 Å². The molecule has 0 saturated carbocycles. The lowest BCUT2D eigenvalue weighted by Crippen LogP contribution is -2.11. The summed E-state index contributed by atoms with van der Waals surface area (Å²) in [6.45, 7) is 1.89. The van der Waals surface area contributed by atoms with Crippen LogP contribution in [0.4, 0.5) is 0 Å². The second-order valence-corrected chi connectivity index (χ2v) is 7.25. The van der Waals surface area contributed by atoms with Crippen molar-refractivity contribution in [2.75, 3.05) is 0 Å². The van der Waals surface area contributed by atoms with E-state index in [1.807, 2.05) is 31.2 Å². The maximum atomic E-state index is 12.1. The van der Waals surface area contributed by atoms with Crippen LogP contribution in [-0.4, -0.2) is 11.0 Å². The molecule has 0 saturated heterocycles. The first-order valence-electron chi connectivity index (χ1n) is 5.28. The van der Waals surface area contributed by atoms with Crippen molar-refractivity contribution in [3.63, 3.8) is 0 Å². The Morgan fingerprint density at radius 2 is 2.06 bits per heavy atom. The van der Waals surface area contributed by atoms with Crippen LogP contribution in [-0.2, 0) is 0 Å². The van der Waals surface area contributed by atoms with E-state index in [1.54, 1.807) is 12.1 Å². The number of carbonyl (C=O) groups is 1. The number of rotatable bonds is 4. The summed E-state index contributed by atoms with van der Waals surface area (Å²) >= 11 is 14.6. The summed E-state index contributed by atoms with van der Waals surface area (Å²) in [5, 5.41) is 0.525. The molecule has 0 N–H and O–H groups in total. The Balaban J connectivity index is 2.08. The highest BCUT2D eigenvalue weighted by atomic mass is 35.5. The van der Waals surface area contributed by atoms with Crippen LogP contribution < -0.4 is 0 Å². The lowest BCUT2D eigenvalue weighted by atomic mass is 10.2. The molecule has 1 heterocycles. The standard InChI is InChI=1S/C13H10Cl2OS2/c1-8(13(16)11-5-6-12(15)18-11)17-10-4-2-3-9(14)7-10/h2-8H,1H3. The van der Waals surface area contributed by atoms with Crippen molar-refractivity contribution < 1.29 is 4.79 Å². The Bertz CT molecular complexity index is 566. The van der Waals surface area contributed by atoms with Gasteiger partial charge < -0.3 is 0 Å². The summed E-state index contributed by atoms with van der Waals surface area (Å²) in [5.74, 6) is 0.0943. The largest absolute Gasteiger partial charge is 0.292 e. The fourth-order valence-electron chi connectivity index (χ4n) is 1.45. The number of ketones is 1. The van der Waals surface area contributed by atoms with E-state index in [9.17, 15) is 4.79 Å². The van der Waals surface area contributed by atoms with E-state index >= 15 is 0 Å². The molecule has 0 amide bonds. The van der Waals surface area contributed by atoms with Gasteiger partial charge in [0.2, 0.25) is 0 Å². The van der Waals surface area contributed by atoms with E-state index in [-0.39, 0.29) is 11.0 Å². The highest BCUT2D eigenvalue weighted by Crippen LogP contribution is 2.30. The number of benzene rings is 1. The molecule has 0 radical (unpaired) electrons. The first-order valence-corrected chi connectivity index (χ1v) is 7.73. The highest BCUT2D eigenvalue weighted by molar-refractivity contribution is 8.00. The van der Waals surface area contributed by atoms with Crippen molar-refractivity contribution in [1.82, 2.24) is 0 Å². The molecule has 2 aromatic rings. The van der Waals surface area contributed by atoms with Crippen molar-refractivity contribution in [3.8, 4) is 0 Å². The molecule has 18 heavy (non-hydrogen) atoms. The molecule has 0 spiro atoms. The maximum Gasteiger partial charge on any atom is 0.185 e. The van der Waals surface area contributed by atoms with Gasteiger partial charge in [-0.25, -0.2) is 0 Å². The summed E-state index contributed by atoms with van der Waals surface area (Å²) in [6.07, 6.45) is 0. The van der Waals surface area contributed by atoms with Gasteiger partial charge in [-0.15, -0.1) is 23.1 Å². The molecule has 1 aromatic heterocycles. The lowest BCUT2D eigenvalue weighted by molar-refractivity contribution is 0.0998. The predicted octanol–water partition coefficient (Wildman–Crippen LogP) is 5.42. The Morgan fingerprint density at radius 3 is 2.67 bits per heavy atom. The SMILES string of the molecule is CC(Sc1cccc(Cl)c1)C(=O)c1ccc(Cl)s1. The number of carbonyl (C=O) groups excluding carboxylic acids is 1. The van der Waals surface area contributed by atoms with Gasteiger partial charge in [0.25, 0.3) is 0 Å². The molecule has 0 fully saturated rings. The molecule has 5 heteroatoms. The van der Waals surface area contributed by atoms with Gasteiger partial charge in [0.05, 0.1) is 14.5 Å². The summed E-state index contributed by atoms with van der Waals surface area (Å²) in [6, 6.07) is 11.0. The average molecular weight is 317 g/mol. The van der Waals surface area contributed by atoms with Crippen molar-refractivity contribution in [2.45, 2.75) is 17.1 Å². The normalized spacial score (nSPS) is 12.4. The van der Waals surface area contributed by atoms with Crippen LogP contribution in [0.15, 0.2) is 41.3 Å². The van der Waals surface area contributed by atoms with Crippen LogP contribution >= 0.6 is 46.3 Å². The van der Waals surface area contributed by atoms with Gasteiger partial charge in [-0.05, 0) is 37.3 Å². The highest BCUT2D eigenvalue weighted by Gasteiger charge is 2.18. The zero-order valence-electron chi connectivity index (χ0n) is 9.52. The second kappa shape index (κ2) is 6.11. The van der Waals surface area contributed by atoms with Crippen molar-refractivity contribution >= 4 is 52.1 Å². The first-order chi connectivity index (χ1) is 8.56. The van der Waals surface area contributed by atoms with Crippen molar-refractivity contribution in [1.29, 1.82) is 0 Å². The van der Waals surface area contributed by atoms with E-state index in [0.29, 0.717) is 14.2 Å². The molecule has 0 aliphatic carbocycles. The third kappa shape index (κ3) is 3.51. The Hall–Kier alpha value is -0.480. The quantitative estimate of drug-likeness (QED) is 0.553. The molecular formula is C13H10Cl2OS2. The van der Waals surface area contributed by atoms with Gasteiger partial charge in [0, 0.05) is 9.92 Å². The minimum Gasteiger partial charge on any atom is -0.292 e. The van der Waals surface area contributed by atoms with Crippen LogP contribution in [0, 0.1) is 0 Å². The number of hydrogen-bond donors (Lipinski definition) is 0. The lowest BCUT2D eigenvalue weighted by Gasteiger charge is -2.09. The molecule has 1 unspecified atom stereocenters. The van der Waals surface area contributed by atoms with Gasteiger partial charge in [-0.3, -0.25) is 4.79 Å². The molecule has 0 bridgehead atoms. The molecular weight excluding hydrogens is 307 g/mol. The molecule has 1 atom stereocenters. The smallest absolute Gasteiger partial charge is 0.185 e. The molecule has 1 aromatic carbocycles. The van der Waals surface area contributed by atoms with Crippen molar-refractivity contribution in [3.05, 3.63) is 50.6 Å². The summed E-state index contributed by atoms with van der Waals surface area (Å²) in [7, 11) is 0. The van der Waals surface area contributed by atoms with Gasteiger partial charge in [0.1, 0.15) is 0 Å². The minimum absolute atomic E-state index is 0.0943. The predicted molar refractivity (Wildman–Crippen MR) is 80.4 cm³/mol. The molecule has 1 nitrogen and oxygen atoms in total. The molecule has 0 aliphatic heterocycles. The average Bonchev–Trinajstić information content (AvgIpc) is 2.75. The zero-order valence-corrected chi connectivity index (χ0v) is 12.7. The molecule has 0 aliphatic rings. The summed E-state index contributed by atoms with van der Waals surface area (Å²) in [4.78, 5) is 13.8. The Kier molecular flexibility index (Phi) is 4.73. The van der Waals surface area contributed by atoms with Gasteiger partial charge in [0.15, 0.2) is 5.78 Å². The summed E-state index contributed by atoms with van der Waals surface area (Å²) in [5.41, 5.74) is 0. The summed E-state index contributed by atoms with van der Waals surface area (Å²) < 4.78 is 0.637. The van der Waals surface area contributed by atoms with E-state index < -0.39 is 0 Å². The second-order valence-electron chi connectivity index (χ2n) is 3.69. The van der Waals surface area contributed by atoms with Crippen LogP contribution in [0.5, 0.6) is 0 Å². The van der Waals surface area contributed by atoms with Crippen LogP contribution in [0.1, 0.15) is 16.6 Å². The van der Waals surface area contributed by atoms with Crippen LogP contribution in [0.2, 0.25) is 9.36 Å². The maximum absolute atomic E-state index is 12.1. The third-order valence-corrected chi connectivity index (χ3v) is 4.87. The van der Waals surface area contributed by atoms with E-state index in [4.69, 9.17) is 23.2 Å². The van der Waals surface area contributed by atoms with Crippen molar-refractivity contribution in [2.24, 2.45) is 0 Å². The number of hydrogen-bond acceptors (Lipinski definition) is 3. The molecule has 94 valence electrons. The van der Waals surface area contributed by atoms with E-state index in [1.165, 1.54) is 23.1 Å². The number of thioether (sulfide) groups is 1. The zero-order chi connectivity index (χ0) is 13.1. The van der Waals surface area contributed by atoms with Crippen LogP contribution in [0.25, 0.3) is 0 Å². The monoisotopic (exact) mass is 316 g/mol. The molecule has 2 rings (SSSR count). The van der Waals surface area contributed by atoms with Gasteiger partial charge in [-0.1, -0.05) is 29.3 Å². The fourth-order valence-corrected chi connectivity index (χ4v) is 3.84.